The summed E-state index contributed by atoms with van der Waals surface area (Å²) in [6.45, 7) is 1.47. The molecule has 3 aromatic carbocycles. The maximum Gasteiger partial charge on any atom is 0.434 e. The molecule has 5 rings (SSSR count). The van der Waals surface area contributed by atoms with Crippen molar-refractivity contribution < 1.29 is 27.4 Å². The molecule has 0 unspecified atom stereocenters. The minimum Gasteiger partial charge on any atom is -0.488 e. The average molecular weight is 747 g/mol. The number of fused-ring (bicyclic) bond motifs is 1. The highest BCUT2D eigenvalue weighted by Crippen LogP contribution is 2.38. The molecule has 0 spiro atoms. The Balaban J connectivity index is 1.58. The molecule has 0 amide bonds. The van der Waals surface area contributed by atoms with E-state index in [4.69, 9.17) is 44.3 Å². The SMILES string of the molecule is CCOC(=O)C1=C(C(F)(F)F)N=c2s/c(=C\c3ccc(OCc4ccc(Cl)cc4Cl)c(Br)c3)c(=O)n2[C@@H]1c1ccc(Cl)cc1. The lowest BCUT2D eigenvalue weighted by atomic mass is 9.95. The molecule has 2 heterocycles. The van der Waals surface area contributed by atoms with E-state index in [-0.39, 0.29) is 28.1 Å². The van der Waals surface area contributed by atoms with Crippen molar-refractivity contribution in [1.82, 2.24) is 4.57 Å². The summed E-state index contributed by atoms with van der Waals surface area (Å²) in [5.41, 5.74) is -1.33. The van der Waals surface area contributed by atoms with Crippen molar-refractivity contribution >= 4 is 74.1 Å². The fourth-order valence-corrected chi connectivity index (χ4v) is 6.57. The third kappa shape index (κ3) is 6.77. The molecule has 0 bridgehead atoms. The zero-order valence-electron chi connectivity index (χ0n) is 22.4. The number of hydrogen-bond acceptors (Lipinski definition) is 6. The minimum atomic E-state index is -5.00. The number of thiazole rings is 1. The fraction of sp³-hybridized carbons (Fsp3) is 0.167. The van der Waals surface area contributed by atoms with E-state index in [2.05, 4.69) is 20.9 Å². The van der Waals surface area contributed by atoms with Crippen molar-refractivity contribution in [2.75, 3.05) is 6.61 Å². The first-order chi connectivity index (χ1) is 20.9. The van der Waals surface area contributed by atoms with E-state index in [1.54, 1.807) is 36.4 Å². The lowest BCUT2D eigenvalue weighted by molar-refractivity contribution is -0.140. The van der Waals surface area contributed by atoms with Gasteiger partial charge in [-0.2, -0.15) is 13.2 Å². The quantitative estimate of drug-likeness (QED) is 0.183. The third-order valence-corrected chi connectivity index (χ3v) is 8.87. The summed E-state index contributed by atoms with van der Waals surface area (Å²) in [6.07, 6.45) is -3.48. The number of carbonyl (C=O) groups is 1. The van der Waals surface area contributed by atoms with Crippen LogP contribution in [0.5, 0.6) is 5.75 Å². The number of nitrogens with zero attached hydrogens (tertiary/aromatic N) is 2. The van der Waals surface area contributed by atoms with Gasteiger partial charge in [0.1, 0.15) is 12.4 Å². The molecule has 0 aliphatic carbocycles. The molecule has 6 nitrogen and oxygen atoms in total. The number of alkyl halides is 3. The normalized spacial score (nSPS) is 15.2. The molecular formula is C30H19BrCl3F3N2O4S. The van der Waals surface area contributed by atoms with Gasteiger partial charge in [-0.1, -0.05) is 70.4 Å². The van der Waals surface area contributed by atoms with Crippen LogP contribution in [-0.2, 0) is 16.1 Å². The van der Waals surface area contributed by atoms with E-state index < -0.39 is 35.0 Å². The van der Waals surface area contributed by atoms with E-state index in [1.807, 2.05) is 0 Å². The van der Waals surface area contributed by atoms with Crippen molar-refractivity contribution in [2.24, 2.45) is 4.99 Å². The van der Waals surface area contributed by atoms with Crippen LogP contribution >= 0.6 is 62.1 Å². The average Bonchev–Trinajstić information content (AvgIpc) is 3.27. The predicted molar refractivity (Wildman–Crippen MR) is 167 cm³/mol. The van der Waals surface area contributed by atoms with Gasteiger partial charge in [-0.3, -0.25) is 9.36 Å². The molecule has 228 valence electrons. The maximum atomic E-state index is 14.3. The molecule has 0 saturated heterocycles. The summed E-state index contributed by atoms with van der Waals surface area (Å²) in [4.78, 5) is 30.2. The van der Waals surface area contributed by atoms with Gasteiger partial charge >= 0.3 is 12.1 Å². The number of benzene rings is 3. The monoisotopic (exact) mass is 744 g/mol. The third-order valence-electron chi connectivity index (χ3n) is 6.43. The molecule has 0 radical (unpaired) electrons. The fourth-order valence-electron chi connectivity index (χ4n) is 4.47. The van der Waals surface area contributed by atoms with Crippen molar-refractivity contribution in [3.63, 3.8) is 0 Å². The second-order valence-corrected chi connectivity index (χ2v) is 12.5. The van der Waals surface area contributed by atoms with Crippen LogP contribution in [0.3, 0.4) is 0 Å². The number of hydrogen-bond donors (Lipinski definition) is 0. The summed E-state index contributed by atoms with van der Waals surface area (Å²) in [5, 5.41) is 1.28. The topological polar surface area (TPSA) is 69.9 Å². The Morgan fingerprint density at radius 2 is 1.77 bits per heavy atom. The molecule has 14 heteroatoms. The van der Waals surface area contributed by atoms with Crippen LogP contribution in [0.2, 0.25) is 15.1 Å². The van der Waals surface area contributed by atoms with E-state index in [9.17, 15) is 22.8 Å². The summed E-state index contributed by atoms with van der Waals surface area (Å²) < 4.78 is 55.5. The van der Waals surface area contributed by atoms with Crippen LogP contribution in [0.25, 0.3) is 6.08 Å². The standard InChI is InChI=1S/C30H19BrCl3F3N2O4S/c1-2-42-28(41)24-25(16-4-7-18(32)8-5-16)39-27(40)23(44-29(39)38-26(24)30(35,36)37)12-15-3-10-22(20(31)11-15)43-14-17-6-9-19(33)13-21(17)34/h3-13,25H,2,14H2,1H3/b23-12-/t25-/m1/s1. The van der Waals surface area contributed by atoms with Crippen LogP contribution < -0.4 is 19.6 Å². The molecule has 0 fully saturated rings. The molecule has 1 aliphatic rings. The van der Waals surface area contributed by atoms with Gasteiger partial charge in [0.25, 0.3) is 5.56 Å². The predicted octanol–water partition coefficient (Wildman–Crippen LogP) is 7.64. The van der Waals surface area contributed by atoms with E-state index in [0.717, 1.165) is 21.5 Å². The van der Waals surface area contributed by atoms with Crippen LogP contribution in [0.15, 0.2) is 86.2 Å². The smallest absolute Gasteiger partial charge is 0.434 e. The highest BCUT2D eigenvalue weighted by molar-refractivity contribution is 9.10. The second kappa shape index (κ2) is 13.1. The number of aromatic nitrogens is 1. The van der Waals surface area contributed by atoms with Gasteiger partial charge < -0.3 is 9.47 Å². The zero-order valence-corrected chi connectivity index (χ0v) is 27.1. The summed E-state index contributed by atoms with van der Waals surface area (Å²) >= 11 is 22.4. The van der Waals surface area contributed by atoms with Crippen LogP contribution in [-0.4, -0.2) is 23.3 Å². The number of allylic oxidation sites excluding steroid dienone is 1. The first-order valence-corrected chi connectivity index (χ1v) is 15.5. The van der Waals surface area contributed by atoms with Crippen molar-refractivity contribution in [3.05, 3.63) is 128 Å². The molecule has 1 aliphatic heterocycles. The lowest BCUT2D eigenvalue weighted by Crippen LogP contribution is -2.41. The van der Waals surface area contributed by atoms with Crippen molar-refractivity contribution in [1.29, 1.82) is 0 Å². The number of ether oxygens (including phenoxy) is 2. The lowest BCUT2D eigenvalue weighted by Gasteiger charge is -2.26. The van der Waals surface area contributed by atoms with E-state index in [1.165, 1.54) is 37.3 Å². The highest BCUT2D eigenvalue weighted by atomic mass is 79.9. The number of halogens is 7. The Bertz CT molecular complexity index is 1980. The zero-order chi connectivity index (χ0) is 31.8. The Morgan fingerprint density at radius 1 is 1.07 bits per heavy atom. The molecule has 1 aromatic heterocycles. The molecule has 44 heavy (non-hydrogen) atoms. The Hall–Kier alpha value is -3.09. The molecule has 0 N–H and O–H groups in total. The van der Waals surface area contributed by atoms with Crippen LogP contribution in [0.1, 0.15) is 29.7 Å². The van der Waals surface area contributed by atoms with Crippen LogP contribution in [0.4, 0.5) is 13.2 Å². The van der Waals surface area contributed by atoms with E-state index >= 15 is 0 Å². The van der Waals surface area contributed by atoms with Gasteiger partial charge in [0.15, 0.2) is 10.5 Å². The Labute approximate surface area is 275 Å². The molecule has 1 atom stereocenters. The summed E-state index contributed by atoms with van der Waals surface area (Å²) in [5.74, 6) is -0.733. The number of rotatable bonds is 7. The summed E-state index contributed by atoms with van der Waals surface area (Å²) in [6, 6.07) is 14.5. The van der Waals surface area contributed by atoms with Gasteiger partial charge in [0, 0.05) is 20.6 Å². The first kappa shape index (κ1) is 32.3. The van der Waals surface area contributed by atoms with E-state index in [0.29, 0.717) is 30.9 Å². The first-order valence-electron chi connectivity index (χ1n) is 12.8. The second-order valence-electron chi connectivity index (χ2n) is 9.33. The van der Waals surface area contributed by atoms with Gasteiger partial charge in [0.2, 0.25) is 0 Å². The van der Waals surface area contributed by atoms with Crippen LogP contribution in [0, 0.1) is 0 Å². The highest BCUT2D eigenvalue weighted by Gasteiger charge is 2.45. The van der Waals surface area contributed by atoms with Gasteiger partial charge in [-0.05, 0) is 76.5 Å². The Morgan fingerprint density at radius 3 is 2.41 bits per heavy atom. The molecule has 4 aromatic rings. The number of esters is 1. The number of carbonyl (C=O) groups excluding carboxylic acids is 1. The Kier molecular flexibility index (Phi) is 9.62. The summed E-state index contributed by atoms with van der Waals surface area (Å²) in [7, 11) is 0. The van der Waals surface area contributed by atoms with Gasteiger partial charge in [-0.15, -0.1) is 0 Å². The van der Waals surface area contributed by atoms with Gasteiger partial charge in [-0.25, -0.2) is 9.79 Å². The molecule has 0 saturated carbocycles. The largest absolute Gasteiger partial charge is 0.488 e. The van der Waals surface area contributed by atoms with Crippen molar-refractivity contribution in [3.8, 4) is 5.75 Å². The van der Waals surface area contributed by atoms with Crippen molar-refractivity contribution in [2.45, 2.75) is 25.7 Å². The maximum absolute atomic E-state index is 14.3. The van der Waals surface area contributed by atoms with Gasteiger partial charge in [0.05, 0.1) is 27.2 Å². The molecular weight excluding hydrogens is 728 g/mol. The minimum absolute atomic E-state index is 0.0999.